The van der Waals surface area contributed by atoms with Crippen molar-refractivity contribution in [2.24, 2.45) is 0 Å². The number of nitro groups is 1. The highest BCUT2D eigenvalue weighted by Gasteiger charge is 2.19. The lowest BCUT2D eigenvalue weighted by Gasteiger charge is -2.06. The van der Waals surface area contributed by atoms with Gasteiger partial charge < -0.3 is 24.6 Å². The molecular weight excluding hydrogens is 442 g/mol. The molecule has 0 radical (unpaired) electrons. The van der Waals surface area contributed by atoms with Crippen LogP contribution in [0.5, 0.6) is 5.75 Å². The van der Waals surface area contributed by atoms with Crippen molar-refractivity contribution in [3.8, 4) is 5.75 Å². The first-order chi connectivity index (χ1) is 16.5. The number of benzene rings is 1. The van der Waals surface area contributed by atoms with E-state index in [4.69, 9.17) is 9.15 Å². The van der Waals surface area contributed by atoms with Gasteiger partial charge in [0, 0.05) is 24.8 Å². The molecule has 12 nitrogen and oxygen atoms in total. The minimum absolute atomic E-state index is 0.123. The summed E-state index contributed by atoms with van der Waals surface area (Å²) in [5, 5.41) is 22.3. The van der Waals surface area contributed by atoms with Gasteiger partial charge in [0.05, 0.1) is 19.0 Å². The van der Waals surface area contributed by atoms with Gasteiger partial charge in [-0.1, -0.05) is 11.3 Å². The Morgan fingerprint density at radius 1 is 1.26 bits per heavy atom. The van der Waals surface area contributed by atoms with Crippen LogP contribution in [0.4, 0.5) is 11.5 Å². The fourth-order valence-corrected chi connectivity index (χ4v) is 3.17. The topological polar surface area (TPSA) is 143 Å². The third-order valence-electron chi connectivity index (χ3n) is 4.67. The molecule has 0 aliphatic carbocycles. The van der Waals surface area contributed by atoms with Crippen molar-refractivity contribution in [3.63, 3.8) is 0 Å². The van der Waals surface area contributed by atoms with E-state index in [-0.39, 0.29) is 24.9 Å². The van der Waals surface area contributed by atoms with E-state index in [1.165, 1.54) is 17.7 Å². The lowest BCUT2D eigenvalue weighted by atomic mass is 10.3. The van der Waals surface area contributed by atoms with Crippen LogP contribution in [0, 0.1) is 10.1 Å². The number of ether oxygens (including phenoxy) is 1. The van der Waals surface area contributed by atoms with Crippen molar-refractivity contribution in [2.45, 2.75) is 26.6 Å². The van der Waals surface area contributed by atoms with Gasteiger partial charge in [-0.05, 0) is 35.3 Å². The fraction of sp³-hybridized carbons (Fsp3) is 0.182. The van der Waals surface area contributed by atoms with Gasteiger partial charge in [0.15, 0.2) is 0 Å². The predicted octanol–water partition coefficient (Wildman–Crippen LogP) is 3.38. The van der Waals surface area contributed by atoms with Gasteiger partial charge >= 0.3 is 5.82 Å². The lowest BCUT2D eigenvalue weighted by Crippen LogP contribution is -2.11. The van der Waals surface area contributed by atoms with Crippen molar-refractivity contribution in [2.75, 3.05) is 5.32 Å². The van der Waals surface area contributed by atoms with E-state index in [1.807, 2.05) is 0 Å². The first-order valence-electron chi connectivity index (χ1n) is 10.3. The Morgan fingerprint density at radius 2 is 2.15 bits per heavy atom. The molecule has 0 bridgehead atoms. The number of aryl methyl sites for hydroxylation is 1. The third-order valence-corrected chi connectivity index (χ3v) is 4.67. The summed E-state index contributed by atoms with van der Waals surface area (Å²) in [4.78, 5) is 26.3. The van der Waals surface area contributed by atoms with Crippen LogP contribution in [-0.2, 0) is 24.5 Å². The van der Waals surface area contributed by atoms with E-state index in [9.17, 15) is 14.9 Å². The summed E-state index contributed by atoms with van der Waals surface area (Å²) in [6, 6.07) is 10.5. The summed E-state index contributed by atoms with van der Waals surface area (Å²) in [6.07, 6.45) is 7.81. The number of rotatable bonds is 10. The molecule has 0 aliphatic heterocycles. The second kappa shape index (κ2) is 10.3. The average molecular weight is 463 g/mol. The zero-order valence-corrected chi connectivity index (χ0v) is 18.2. The number of aromatic nitrogens is 5. The number of furan rings is 1. The number of carbonyl (C=O) groups is 1. The van der Waals surface area contributed by atoms with Crippen LogP contribution in [-0.4, -0.2) is 35.4 Å². The minimum Gasteiger partial charge on any atom is -0.487 e. The number of anilines is 1. The first-order valence-corrected chi connectivity index (χ1v) is 10.3. The van der Waals surface area contributed by atoms with Crippen molar-refractivity contribution in [1.82, 2.24) is 24.5 Å². The van der Waals surface area contributed by atoms with Gasteiger partial charge in [0.2, 0.25) is 11.7 Å². The highest BCUT2D eigenvalue weighted by atomic mass is 16.6. The number of amides is 1. The number of carbonyl (C=O) groups excluding carboxylic acids is 1. The summed E-state index contributed by atoms with van der Waals surface area (Å²) in [5.41, 5.74) is 1.22. The molecule has 3 aromatic heterocycles. The van der Waals surface area contributed by atoms with Crippen molar-refractivity contribution in [3.05, 3.63) is 82.4 Å². The van der Waals surface area contributed by atoms with Crippen LogP contribution >= 0.6 is 0 Å². The summed E-state index contributed by atoms with van der Waals surface area (Å²) in [5.74, 6) is 1.31. The molecule has 12 heteroatoms. The van der Waals surface area contributed by atoms with Crippen LogP contribution in [0.1, 0.15) is 24.2 Å². The standard InChI is InChI=1S/C22H21N7O5/c1-16(30)24-17-4-2-5-20(12-17)34-15-18-14-27(26-25-18)9-10-28-21(23-13-22(28)29(31)32)8-7-19-6-3-11-33-19/h2-8,11-14H,9-10,15H2,1H3,(H,24,30). The molecular formula is C22H21N7O5. The predicted molar refractivity (Wildman–Crippen MR) is 122 cm³/mol. The molecule has 0 spiro atoms. The first kappa shape index (κ1) is 22.5. The zero-order valence-electron chi connectivity index (χ0n) is 18.2. The second-order valence-corrected chi connectivity index (χ2v) is 7.20. The van der Waals surface area contributed by atoms with Gasteiger partial charge in [-0.2, -0.15) is 0 Å². The zero-order chi connectivity index (χ0) is 23.9. The van der Waals surface area contributed by atoms with Crippen LogP contribution in [0.2, 0.25) is 0 Å². The minimum atomic E-state index is -0.479. The second-order valence-electron chi connectivity index (χ2n) is 7.20. The van der Waals surface area contributed by atoms with Gasteiger partial charge in [-0.3, -0.25) is 4.79 Å². The van der Waals surface area contributed by atoms with Crippen LogP contribution in [0.15, 0.2) is 59.5 Å². The molecule has 4 aromatic rings. The number of nitrogens with one attached hydrogen (secondary N) is 1. The Morgan fingerprint density at radius 3 is 2.91 bits per heavy atom. The van der Waals surface area contributed by atoms with Crippen LogP contribution < -0.4 is 10.1 Å². The Balaban J connectivity index is 1.39. The van der Waals surface area contributed by atoms with E-state index in [2.05, 4.69) is 20.6 Å². The van der Waals surface area contributed by atoms with Crippen LogP contribution in [0.25, 0.3) is 12.2 Å². The largest absolute Gasteiger partial charge is 0.487 e. The number of nitrogens with zero attached hydrogens (tertiary/aromatic N) is 6. The Labute approximate surface area is 193 Å². The van der Waals surface area contributed by atoms with Gasteiger partial charge in [-0.15, -0.1) is 5.10 Å². The Kier molecular flexibility index (Phi) is 6.77. The summed E-state index contributed by atoms with van der Waals surface area (Å²) < 4.78 is 14.0. The van der Waals surface area contributed by atoms with E-state index in [1.54, 1.807) is 65.7 Å². The van der Waals surface area contributed by atoms with Gasteiger partial charge in [0.1, 0.15) is 36.6 Å². The molecule has 0 aliphatic rings. The van der Waals surface area contributed by atoms with Gasteiger partial charge in [-0.25, -0.2) is 14.2 Å². The maximum Gasteiger partial charge on any atom is 0.343 e. The third kappa shape index (κ3) is 5.73. The Hall–Kier alpha value is -4.74. The number of hydrogen-bond donors (Lipinski definition) is 1. The van der Waals surface area contributed by atoms with E-state index >= 15 is 0 Å². The van der Waals surface area contributed by atoms with E-state index in [0.29, 0.717) is 35.3 Å². The van der Waals surface area contributed by atoms with E-state index < -0.39 is 4.92 Å². The highest BCUT2D eigenvalue weighted by Crippen LogP contribution is 2.19. The lowest BCUT2D eigenvalue weighted by molar-refractivity contribution is -0.392. The maximum atomic E-state index is 11.4. The molecule has 0 saturated heterocycles. The van der Waals surface area contributed by atoms with Crippen molar-refractivity contribution in [1.29, 1.82) is 0 Å². The molecule has 0 unspecified atom stereocenters. The van der Waals surface area contributed by atoms with Crippen molar-refractivity contribution < 1.29 is 18.9 Å². The maximum absolute atomic E-state index is 11.4. The quantitative estimate of drug-likeness (QED) is 0.278. The molecule has 1 amide bonds. The highest BCUT2D eigenvalue weighted by molar-refractivity contribution is 5.88. The SMILES string of the molecule is CC(=O)Nc1cccc(OCc2cn(CCn3c([N+](=O)[O-])cnc3C=Cc3ccco3)nn2)c1. The average Bonchev–Trinajstić information content (AvgIpc) is 3.55. The molecule has 3 heterocycles. The normalized spacial score (nSPS) is 11.1. The summed E-state index contributed by atoms with van der Waals surface area (Å²) in [7, 11) is 0. The molecule has 0 atom stereocenters. The van der Waals surface area contributed by atoms with Crippen LogP contribution in [0.3, 0.4) is 0 Å². The van der Waals surface area contributed by atoms with Gasteiger partial charge in [0.25, 0.3) is 0 Å². The molecule has 34 heavy (non-hydrogen) atoms. The molecule has 1 aromatic carbocycles. The van der Waals surface area contributed by atoms with E-state index in [0.717, 1.165) is 0 Å². The number of hydrogen-bond acceptors (Lipinski definition) is 8. The summed E-state index contributed by atoms with van der Waals surface area (Å²) in [6.45, 7) is 2.20. The summed E-state index contributed by atoms with van der Waals surface area (Å²) >= 11 is 0. The molecule has 4 rings (SSSR count). The number of imidazole rings is 1. The Bertz CT molecular complexity index is 1310. The fourth-order valence-electron chi connectivity index (χ4n) is 3.17. The smallest absolute Gasteiger partial charge is 0.343 e. The monoisotopic (exact) mass is 463 g/mol. The van der Waals surface area contributed by atoms with Crippen molar-refractivity contribution >= 4 is 29.6 Å². The molecule has 0 fully saturated rings. The molecule has 1 N–H and O–H groups in total. The molecule has 0 saturated carbocycles. The molecule has 174 valence electrons.